The molecule has 0 amide bonds. The maximum absolute atomic E-state index is 13.8. The number of fused-ring (bicyclic) bond motifs is 3. The smallest absolute Gasteiger partial charge is 0.312 e. The summed E-state index contributed by atoms with van der Waals surface area (Å²) in [7, 11) is 1.72. The molecule has 4 aromatic rings. The number of aromatic nitrogens is 1. The largest absolute Gasteiger partial charge is 0.489 e. The number of aryl methyl sites for hydroxylation is 1. The van der Waals surface area contributed by atoms with Crippen LogP contribution in [0.1, 0.15) is 29.0 Å². The van der Waals surface area contributed by atoms with E-state index >= 15 is 0 Å². The zero-order valence-electron chi connectivity index (χ0n) is 17.4. The van der Waals surface area contributed by atoms with Gasteiger partial charge in [0.15, 0.2) is 0 Å². The van der Waals surface area contributed by atoms with Gasteiger partial charge in [0.05, 0.1) is 17.5 Å². The monoisotopic (exact) mass is 429 g/mol. The van der Waals surface area contributed by atoms with Crippen LogP contribution in [-0.2, 0) is 18.4 Å². The Morgan fingerprint density at radius 2 is 1.72 bits per heavy atom. The van der Waals surface area contributed by atoms with Crippen LogP contribution in [0.3, 0.4) is 0 Å². The topological polar surface area (TPSA) is 57.5 Å². The van der Waals surface area contributed by atoms with Crippen molar-refractivity contribution >= 4 is 16.9 Å². The van der Waals surface area contributed by atoms with Crippen molar-refractivity contribution in [3.63, 3.8) is 0 Å². The first-order chi connectivity index (χ1) is 15.5. The zero-order valence-corrected chi connectivity index (χ0v) is 17.4. The summed E-state index contributed by atoms with van der Waals surface area (Å²) in [6, 6.07) is 21.0. The van der Waals surface area contributed by atoms with Gasteiger partial charge in [0, 0.05) is 23.9 Å². The van der Waals surface area contributed by atoms with Gasteiger partial charge in [0.1, 0.15) is 23.9 Å². The summed E-state index contributed by atoms with van der Waals surface area (Å²) in [5.41, 5.74) is 2.29. The van der Waals surface area contributed by atoms with E-state index in [-0.39, 0.29) is 30.4 Å². The summed E-state index contributed by atoms with van der Waals surface area (Å²) in [4.78, 5) is 25.6. The summed E-state index contributed by atoms with van der Waals surface area (Å²) in [5, 5.41) is 0.729. The van der Waals surface area contributed by atoms with E-state index in [1.165, 1.54) is 6.07 Å². The number of nitrogens with zero attached hydrogens (tertiary/aromatic N) is 1. The number of hydrogen-bond acceptors (Lipinski definition) is 4. The maximum atomic E-state index is 13.8. The molecular weight excluding hydrogens is 409 g/mol. The molecule has 0 unspecified atom stereocenters. The predicted molar refractivity (Wildman–Crippen MR) is 118 cm³/mol. The normalized spacial score (nSPS) is 15.3. The standard InChI is InChI=1S/C26H20FNO4/c1-28-22-9-5-3-7-19(22)25-24(26(28)30)20(14-23(29)32-25)16-10-12-18(13-11-16)31-15-17-6-2-4-8-21(17)27/h2-13,20H,14-15H2,1H3/t20-/m0/s1. The second kappa shape index (κ2) is 7.96. The molecule has 1 atom stereocenters. The van der Waals surface area contributed by atoms with Crippen molar-refractivity contribution in [2.24, 2.45) is 7.05 Å². The number of rotatable bonds is 4. The minimum Gasteiger partial charge on any atom is -0.489 e. The molecule has 5 nitrogen and oxygen atoms in total. The minimum absolute atomic E-state index is 0.0794. The van der Waals surface area contributed by atoms with Crippen LogP contribution in [0.2, 0.25) is 0 Å². The third-order valence-electron chi connectivity index (χ3n) is 5.86. The summed E-state index contributed by atoms with van der Waals surface area (Å²) in [5.74, 6) is -0.202. The molecular formula is C26H20FNO4. The summed E-state index contributed by atoms with van der Waals surface area (Å²) in [6.45, 7) is 0.108. The van der Waals surface area contributed by atoms with Gasteiger partial charge in [-0.05, 0) is 35.9 Å². The zero-order chi connectivity index (χ0) is 22.2. The summed E-state index contributed by atoms with van der Waals surface area (Å²) >= 11 is 0. The molecule has 6 heteroatoms. The molecule has 0 N–H and O–H groups in total. The molecule has 0 saturated heterocycles. The highest BCUT2D eigenvalue weighted by Crippen LogP contribution is 2.40. The van der Waals surface area contributed by atoms with Gasteiger partial charge in [0.2, 0.25) is 0 Å². The first kappa shape index (κ1) is 20.0. The Bertz CT molecular complexity index is 1390. The lowest BCUT2D eigenvalue weighted by Crippen LogP contribution is -2.31. The van der Waals surface area contributed by atoms with Crippen LogP contribution in [0.5, 0.6) is 11.5 Å². The Kier molecular flexibility index (Phi) is 4.98. The van der Waals surface area contributed by atoms with Crippen molar-refractivity contribution in [1.82, 2.24) is 4.57 Å². The Hall–Kier alpha value is -3.93. The SMILES string of the molecule is Cn1c(=O)c2c(c3ccccc31)OC(=O)C[C@H]2c1ccc(OCc2ccccc2F)cc1. The van der Waals surface area contributed by atoms with Gasteiger partial charge in [-0.25, -0.2) is 4.39 Å². The third kappa shape index (κ3) is 3.43. The van der Waals surface area contributed by atoms with Gasteiger partial charge in [-0.1, -0.05) is 42.5 Å². The number of carbonyl (C=O) groups excluding carboxylic acids is 1. The molecule has 0 bridgehead atoms. The Balaban J connectivity index is 1.49. The molecule has 0 spiro atoms. The van der Waals surface area contributed by atoms with E-state index in [4.69, 9.17) is 9.47 Å². The van der Waals surface area contributed by atoms with Crippen LogP contribution < -0.4 is 15.0 Å². The fraction of sp³-hybridized carbons (Fsp3) is 0.154. The van der Waals surface area contributed by atoms with Crippen molar-refractivity contribution in [3.8, 4) is 11.5 Å². The van der Waals surface area contributed by atoms with Crippen molar-refractivity contribution in [1.29, 1.82) is 0 Å². The number of ether oxygens (including phenoxy) is 2. The van der Waals surface area contributed by atoms with Crippen LogP contribution in [0, 0.1) is 5.82 Å². The van der Waals surface area contributed by atoms with E-state index in [1.54, 1.807) is 41.9 Å². The van der Waals surface area contributed by atoms with E-state index < -0.39 is 5.92 Å². The van der Waals surface area contributed by atoms with E-state index in [1.807, 2.05) is 36.4 Å². The average molecular weight is 429 g/mol. The van der Waals surface area contributed by atoms with Crippen molar-refractivity contribution in [2.75, 3.05) is 0 Å². The number of para-hydroxylation sites is 1. The molecule has 160 valence electrons. The van der Waals surface area contributed by atoms with E-state index in [0.717, 1.165) is 10.9 Å². The van der Waals surface area contributed by atoms with Gasteiger partial charge < -0.3 is 14.0 Å². The lowest BCUT2D eigenvalue weighted by Gasteiger charge is -2.26. The van der Waals surface area contributed by atoms with E-state index in [9.17, 15) is 14.0 Å². The molecule has 0 fully saturated rings. The van der Waals surface area contributed by atoms with Crippen molar-refractivity contribution in [2.45, 2.75) is 18.9 Å². The van der Waals surface area contributed by atoms with Crippen molar-refractivity contribution in [3.05, 3.63) is 106 Å². The van der Waals surface area contributed by atoms with Crippen LogP contribution in [-0.4, -0.2) is 10.5 Å². The lowest BCUT2D eigenvalue weighted by atomic mass is 9.86. The van der Waals surface area contributed by atoms with Gasteiger partial charge in [0.25, 0.3) is 5.56 Å². The highest BCUT2D eigenvalue weighted by atomic mass is 19.1. The molecule has 0 saturated carbocycles. The number of benzene rings is 3. The number of esters is 1. The molecule has 32 heavy (non-hydrogen) atoms. The molecule has 1 aromatic heterocycles. The molecule has 5 rings (SSSR count). The molecule has 0 radical (unpaired) electrons. The third-order valence-corrected chi connectivity index (χ3v) is 5.86. The molecule has 3 aromatic carbocycles. The fourth-order valence-corrected chi connectivity index (χ4v) is 4.19. The second-order valence-corrected chi connectivity index (χ2v) is 7.80. The minimum atomic E-state index is -0.421. The number of hydrogen-bond donors (Lipinski definition) is 0. The first-order valence-electron chi connectivity index (χ1n) is 10.3. The first-order valence-corrected chi connectivity index (χ1v) is 10.3. The highest BCUT2D eigenvalue weighted by molar-refractivity contribution is 5.91. The molecule has 2 heterocycles. The number of carbonyl (C=O) groups is 1. The quantitative estimate of drug-likeness (QED) is 0.442. The number of halogens is 1. The van der Waals surface area contributed by atoms with Crippen LogP contribution in [0.25, 0.3) is 10.9 Å². The Labute approximate surface area is 183 Å². The fourth-order valence-electron chi connectivity index (χ4n) is 4.19. The summed E-state index contributed by atoms with van der Waals surface area (Å²) in [6.07, 6.45) is 0.0794. The van der Waals surface area contributed by atoms with Gasteiger partial charge in [-0.15, -0.1) is 0 Å². The summed E-state index contributed by atoms with van der Waals surface area (Å²) < 4.78 is 26.6. The Morgan fingerprint density at radius 1 is 1.00 bits per heavy atom. The van der Waals surface area contributed by atoms with Crippen LogP contribution >= 0.6 is 0 Å². The average Bonchev–Trinajstić information content (AvgIpc) is 2.82. The maximum Gasteiger partial charge on any atom is 0.312 e. The molecule has 1 aliphatic rings. The van der Waals surface area contributed by atoms with Crippen molar-refractivity contribution < 1.29 is 18.7 Å². The molecule has 0 aliphatic carbocycles. The van der Waals surface area contributed by atoms with Crippen LogP contribution in [0.15, 0.2) is 77.6 Å². The van der Waals surface area contributed by atoms with Gasteiger partial charge in [-0.3, -0.25) is 9.59 Å². The lowest BCUT2D eigenvalue weighted by molar-refractivity contribution is -0.135. The van der Waals surface area contributed by atoms with Crippen LogP contribution in [0.4, 0.5) is 4.39 Å². The highest BCUT2D eigenvalue weighted by Gasteiger charge is 2.33. The Morgan fingerprint density at radius 3 is 2.50 bits per heavy atom. The van der Waals surface area contributed by atoms with Gasteiger partial charge in [-0.2, -0.15) is 0 Å². The molecule has 1 aliphatic heterocycles. The van der Waals surface area contributed by atoms with E-state index in [2.05, 4.69) is 0 Å². The van der Waals surface area contributed by atoms with Gasteiger partial charge >= 0.3 is 5.97 Å². The number of pyridine rings is 1. The predicted octanol–water partition coefficient (Wildman–Crippen LogP) is 4.70. The second-order valence-electron chi connectivity index (χ2n) is 7.80. The van der Waals surface area contributed by atoms with E-state index in [0.29, 0.717) is 28.1 Å².